The molecule has 0 heterocycles. The number of hydrogen-bond donors (Lipinski definition) is 1. The highest BCUT2D eigenvalue weighted by atomic mass is 19.1. The summed E-state index contributed by atoms with van der Waals surface area (Å²) in [6.07, 6.45) is 0.881. The monoisotopic (exact) mass is 259 g/mol. The summed E-state index contributed by atoms with van der Waals surface area (Å²) in [5, 5.41) is 0. The van der Waals surface area contributed by atoms with E-state index in [-0.39, 0.29) is 11.9 Å². The van der Waals surface area contributed by atoms with Crippen LogP contribution in [0.5, 0.6) is 0 Å². The minimum absolute atomic E-state index is 0.260. The third-order valence-corrected chi connectivity index (χ3v) is 3.14. The topological polar surface area (TPSA) is 35.2 Å². The van der Waals surface area contributed by atoms with Crippen LogP contribution >= 0.6 is 0 Å². The van der Waals surface area contributed by atoms with E-state index in [1.165, 1.54) is 17.7 Å². The maximum absolute atomic E-state index is 13.2. The summed E-state index contributed by atoms with van der Waals surface area (Å²) in [6, 6.07) is 14.2. The predicted molar refractivity (Wildman–Crippen MR) is 74.5 cm³/mol. The van der Waals surface area contributed by atoms with Crippen molar-refractivity contribution in [3.8, 4) is 0 Å². The zero-order valence-corrected chi connectivity index (χ0v) is 11.0. The van der Waals surface area contributed by atoms with Crippen molar-refractivity contribution in [3.05, 3.63) is 71.0 Å². The molecule has 0 saturated heterocycles. The molecule has 2 nitrogen and oxygen atoms in total. The first-order valence-electron chi connectivity index (χ1n) is 6.29. The lowest BCUT2D eigenvalue weighted by Gasteiger charge is -2.13. The number of benzene rings is 2. The van der Waals surface area contributed by atoms with Gasteiger partial charge in [0, 0.05) is 7.11 Å². The van der Waals surface area contributed by atoms with E-state index in [2.05, 4.69) is 0 Å². The van der Waals surface area contributed by atoms with E-state index in [9.17, 15) is 4.39 Å². The summed E-state index contributed by atoms with van der Waals surface area (Å²) in [5.74, 6) is -0.260. The first kappa shape index (κ1) is 13.7. The molecule has 0 aromatic heterocycles. The van der Waals surface area contributed by atoms with E-state index in [0.717, 1.165) is 17.5 Å². The molecule has 2 aromatic carbocycles. The minimum Gasteiger partial charge on any atom is -0.384 e. The smallest absolute Gasteiger partial charge is 0.123 e. The second kappa shape index (κ2) is 6.45. The van der Waals surface area contributed by atoms with Crippen molar-refractivity contribution in [3.63, 3.8) is 0 Å². The van der Waals surface area contributed by atoms with Gasteiger partial charge in [0.1, 0.15) is 5.82 Å². The van der Waals surface area contributed by atoms with Crippen molar-refractivity contribution in [1.82, 2.24) is 0 Å². The third-order valence-electron chi connectivity index (χ3n) is 3.14. The van der Waals surface area contributed by atoms with Gasteiger partial charge >= 0.3 is 0 Å². The largest absolute Gasteiger partial charge is 0.384 e. The summed E-state index contributed by atoms with van der Waals surface area (Å²) in [6.45, 7) is 0.704. The van der Waals surface area contributed by atoms with Crippen LogP contribution in [0, 0.1) is 5.82 Å². The Labute approximate surface area is 113 Å². The molecule has 2 rings (SSSR count). The molecule has 0 fully saturated rings. The molecule has 0 bridgehead atoms. The molecule has 2 N–H and O–H groups in total. The van der Waals surface area contributed by atoms with Gasteiger partial charge in [-0.15, -0.1) is 0 Å². The summed E-state index contributed by atoms with van der Waals surface area (Å²) < 4.78 is 18.2. The number of ether oxygens (including phenoxy) is 1. The minimum atomic E-state index is -0.299. The summed E-state index contributed by atoms with van der Waals surface area (Å²) in [7, 11) is 1.69. The zero-order valence-electron chi connectivity index (χ0n) is 11.0. The van der Waals surface area contributed by atoms with Gasteiger partial charge in [0.2, 0.25) is 0 Å². The molecule has 0 aliphatic heterocycles. The molecule has 0 amide bonds. The number of nitrogens with two attached hydrogens (primary N) is 1. The number of halogens is 1. The first-order chi connectivity index (χ1) is 9.20. The van der Waals surface area contributed by atoms with Crippen molar-refractivity contribution >= 4 is 0 Å². The molecule has 0 spiro atoms. The van der Waals surface area contributed by atoms with Gasteiger partial charge in [0.25, 0.3) is 0 Å². The Morgan fingerprint density at radius 3 is 2.47 bits per heavy atom. The van der Waals surface area contributed by atoms with Crippen molar-refractivity contribution in [2.75, 3.05) is 13.7 Å². The average Bonchev–Trinajstić information content (AvgIpc) is 2.45. The molecule has 1 unspecified atom stereocenters. The zero-order chi connectivity index (χ0) is 13.7. The first-order valence-corrected chi connectivity index (χ1v) is 6.29. The Hall–Kier alpha value is -1.71. The van der Waals surface area contributed by atoms with Crippen LogP contribution in [-0.4, -0.2) is 13.7 Å². The molecule has 1 atom stereocenters. The fourth-order valence-electron chi connectivity index (χ4n) is 2.00. The summed E-state index contributed by atoms with van der Waals surface area (Å²) >= 11 is 0. The van der Waals surface area contributed by atoms with Gasteiger partial charge in [0.05, 0.1) is 12.6 Å². The molecular formula is C16H18FNO. The quantitative estimate of drug-likeness (QED) is 0.895. The number of rotatable bonds is 5. The fourth-order valence-corrected chi connectivity index (χ4v) is 2.00. The highest BCUT2D eigenvalue weighted by molar-refractivity contribution is 5.33. The van der Waals surface area contributed by atoms with E-state index >= 15 is 0 Å². The van der Waals surface area contributed by atoms with Crippen LogP contribution in [0.4, 0.5) is 4.39 Å². The summed E-state index contributed by atoms with van der Waals surface area (Å²) in [4.78, 5) is 0. The Morgan fingerprint density at radius 1 is 1.11 bits per heavy atom. The van der Waals surface area contributed by atoms with Crippen LogP contribution in [0.2, 0.25) is 0 Å². The van der Waals surface area contributed by atoms with E-state index in [1.54, 1.807) is 13.2 Å². The van der Waals surface area contributed by atoms with Gasteiger partial charge in [-0.3, -0.25) is 0 Å². The van der Waals surface area contributed by atoms with Gasteiger partial charge in [-0.1, -0.05) is 36.4 Å². The Morgan fingerprint density at radius 2 is 1.84 bits per heavy atom. The molecule has 100 valence electrons. The molecule has 2 aromatic rings. The lowest BCUT2D eigenvalue weighted by atomic mass is 9.98. The van der Waals surface area contributed by atoms with Gasteiger partial charge in [-0.25, -0.2) is 4.39 Å². The molecule has 0 aliphatic carbocycles. The molecule has 0 radical (unpaired) electrons. The highest BCUT2D eigenvalue weighted by Gasteiger charge is 2.09. The second-order valence-electron chi connectivity index (χ2n) is 4.52. The standard InChI is InChI=1S/C16H18FNO/c1-19-10-9-12-5-7-13(8-6-12)16(18)14-3-2-4-15(17)11-14/h2-8,11,16H,9-10,18H2,1H3. The van der Waals surface area contributed by atoms with E-state index in [1.807, 2.05) is 30.3 Å². The van der Waals surface area contributed by atoms with Gasteiger partial charge < -0.3 is 10.5 Å². The van der Waals surface area contributed by atoms with Crippen molar-refractivity contribution in [2.24, 2.45) is 5.73 Å². The Balaban J connectivity index is 2.13. The van der Waals surface area contributed by atoms with E-state index < -0.39 is 0 Å². The van der Waals surface area contributed by atoms with Crippen LogP contribution in [0.15, 0.2) is 48.5 Å². The molecule has 0 aliphatic rings. The Bertz CT molecular complexity index is 525. The van der Waals surface area contributed by atoms with Crippen molar-refractivity contribution in [1.29, 1.82) is 0 Å². The number of methoxy groups -OCH3 is 1. The van der Waals surface area contributed by atoms with Crippen molar-refractivity contribution < 1.29 is 9.13 Å². The molecule has 19 heavy (non-hydrogen) atoms. The third kappa shape index (κ3) is 3.63. The maximum Gasteiger partial charge on any atom is 0.123 e. The van der Waals surface area contributed by atoms with E-state index in [0.29, 0.717) is 6.61 Å². The van der Waals surface area contributed by atoms with Gasteiger partial charge in [0.15, 0.2) is 0 Å². The van der Waals surface area contributed by atoms with Crippen LogP contribution < -0.4 is 5.73 Å². The SMILES string of the molecule is COCCc1ccc(C(N)c2cccc(F)c2)cc1. The van der Waals surface area contributed by atoms with Crippen molar-refractivity contribution in [2.45, 2.75) is 12.5 Å². The normalized spacial score (nSPS) is 12.4. The average molecular weight is 259 g/mol. The lowest BCUT2D eigenvalue weighted by Crippen LogP contribution is -2.12. The molecule has 3 heteroatoms. The second-order valence-corrected chi connectivity index (χ2v) is 4.52. The number of hydrogen-bond acceptors (Lipinski definition) is 2. The van der Waals surface area contributed by atoms with E-state index in [4.69, 9.17) is 10.5 Å². The fraction of sp³-hybridized carbons (Fsp3) is 0.250. The van der Waals surface area contributed by atoms with Crippen LogP contribution in [-0.2, 0) is 11.2 Å². The van der Waals surface area contributed by atoms with Gasteiger partial charge in [-0.05, 0) is 35.2 Å². The predicted octanol–water partition coefficient (Wildman–Crippen LogP) is 3.06. The maximum atomic E-state index is 13.2. The summed E-state index contributed by atoms with van der Waals surface area (Å²) in [5.41, 5.74) is 9.11. The molecular weight excluding hydrogens is 241 g/mol. The van der Waals surface area contributed by atoms with Crippen LogP contribution in [0.1, 0.15) is 22.7 Å². The lowest BCUT2D eigenvalue weighted by molar-refractivity contribution is 0.202. The van der Waals surface area contributed by atoms with Crippen LogP contribution in [0.25, 0.3) is 0 Å². The highest BCUT2D eigenvalue weighted by Crippen LogP contribution is 2.20. The molecule has 0 saturated carbocycles. The Kier molecular flexibility index (Phi) is 4.66. The van der Waals surface area contributed by atoms with Gasteiger partial charge in [-0.2, -0.15) is 0 Å². The van der Waals surface area contributed by atoms with Crippen LogP contribution in [0.3, 0.4) is 0 Å².